The average Bonchev–Trinajstić information content (AvgIpc) is 3.27. The smallest absolute Gasteiger partial charge is 0.306 e. The van der Waals surface area contributed by atoms with E-state index in [2.05, 4.69) is 41.5 Å². The summed E-state index contributed by atoms with van der Waals surface area (Å²) >= 11 is 0. The number of carbonyl (C=O) groups is 3. The normalized spacial score (nSPS) is 13.0. The van der Waals surface area contributed by atoms with E-state index in [1.54, 1.807) is 0 Å². The van der Waals surface area contributed by atoms with Crippen LogP contribution in [0, 0.1) is 17.8 Å². The lowest BCUT2D eigenvalue weighted by atomic mass is 9.99. The van der Waals surface area contributed by atoms with Crippen molar-refractivity contribution in [2.45, 2.75) is 317 Å². The van der Waals surface area contributed by atoms with Gasteiger partial charge in [-0.3, -0.25) is 14.4 Å². The molecule has 0 saturated heterocycles. The van der Waals surface area contributed by atoms with Crippen molar-refractivity contribution < 1.29 is 28.6 Å². The second kappa shape index (κ2) is 48.3. The van der Waals surface area contributed by atoms with Crippen LogP contribution in [0.3, 0.4) is 0 Å². The van der Waals surface area contributed by atoms with E-state index < -0.39 is 6.10 Å². The minimum Gasteiger partial charge on any atom is -0.462 e. The van der Waals surface area contributed by atoms with E-state index >= 15 is 0 Å². The van der Waals surface area contributed by atoms with Gasteiger partial charge in [-0.15, -0.1) is 0 Å². The standard InChI is InChI=1S/C57H110O6/c1-7-52(5)44-38-32-26-19-17-15-13-11-9-10-12-14-16-18-20-28-34-40-46-55(58)61-49-54(50-62-56(59)47-41-35-29-23-21-25-31-37-43-51(3)4)63-57(60)48-42-36-30-24-22-27-33-39-45-53(6)8-2/h51-54H,7-50H2,1-6H3/t52?,53?,54-/m1/s1. The third-order valence-electron chi connectivity index (χ3n) is 13.6. The second-order valence-corrected chi connectivity index (χ2v) is 20.5. The van der Waals surface area contributed by atoms with E-state index in [1.807, 2.05) is 0 Å². The molecule has 0 rings (SSSR count). The van der Waals surface area contributed by atoms with Crippen LogP contribution in [0.2, 0.25) is 0 Å². The zero-order valence-electron chi connectivity index (χ0n) is 43.4. The third kappa shape index (κ3) is 48.2. The van der Waals surface area contributed by atoms with Crippen LogP contribution in [0.5, 0.6) is 0 Å². The van der Waals surface area contributed by atoms with Gasteiger partial charge in [-0.1, -0.05) is 273 Å². The van der Waals surface area contributed by atoms with E-state index in [-0.39, 0.29) is 31.1 Å². The highest BCUT2D eigenvalue weighted by atomic mass is 16.6. The molecule has 0 aliphatic rings. The molecule has 0 saturated carbocycles. The van der Waals surface area contributed by atoms with Gasteiger partial charge in [0.05, 0.1) is 0 Å². The number of rotatable bonds is 50. The molecule has 0 aliphatic heterocycles. The van der Waals surface area contributed by atoms with Crippen molar-refractivity contribution in [3.8, 4) is 0 Å². The third-order valence-corrected chi connectivity index (χ3v) is 13.6. The minimum atomic E-state index is -0.763. The van der Waals surface area contributed by atoms with Crippen molar-refractivity contribution in [3.05, 3.63) is 0 Å². The monoisotopic (exact) mass is 891 g/mol. The van der Waals surface area contributed by atoms with Crippen molar-refractivity contribution >= 4 is 17.9 Å². The molecular weight excluding hydrogens is 781 g/mol. The molecule has 0 amide bonds. The van der Waals surface area contributed by atoms with Crippen LogP contribution in [0.4, 0.5) is 0 Å². The van der Waals surface area contributed by atoms with Gasteiger partial charge in [0.2, 0.25) is 0 Å². The maximum absolute atomic E-state index is 12.8. The number of unbranched alkanes of at least 4 members (excludes halogenated alkanes) is 31. The van der Waals surface area contributed by atoms with Crippen LogP contribution < -0.4 is 0 Å². The molecule has 63 heavy (non-hydrogen) atoms. The minimum absolute atomic E-state index is 0.0647. The Labute approximate surface area is 393 Å². The number of ether oxygens (including phenoxy) is 3. The highest BCUT2D eigenvalue weighted by Crippen LogP contribution is 2.19. The number of hydrogen-bond donors (Lipinski definition) is 0. The first kappa shape index (κ1) is 61.4. The molecule has 0 bridgehead atoms. The molecule has 374 valence electrons. The molecule has 3 atom stereocenters. The molecule has 0 radical (unpaired) electrons. The summed E-state index contributed by atoms with van der Waals surface area (Å²) in [6, 6.07) is 0. The maximum Gasteiger partial charge on any atom is 0.306 e. The van der Waals surface area contributed by atoms with Gasteiger partial charge in [-0.05, 0) is 37.0 Å². The number of esters is 3. The van der Waals surface area contributed by atoms with Crippen molar-refractivity contribution in [2.24, 2.45) is 17.8 Å². The summed E-state index contributed by atoms with van der Waals surface area (Å²) in [6.45, 7) is 13.8. The first-order valence-electron chi connectivity index (χ1n) is 28.2. The van der Waals surface area contributed by atoms with Gasteiger partial charge < -0.3 is 14.2 Å². The lowest BCUT2D eigenvalue weighted by molar-refractivity contribution is -0.167. The van der Waals surface area contributed by atoms with E-state index in [0.29, 0.717) is 19.3 Å². The maximum atomic E-state index is 12.8. The summed E-state index contributed by atoms with van der Waals surface area (Å²) in [5, 5.41) is 0. The average molecular weight is 892 g/mol. The first-order chi connectivity index (χ1) is 30.7. The molecule has 0 aromatic rings. The van der Waals surface area contributed by atoms with Gasteiger partial charge in [0.25, 0.3) is 0 Å². The Morgan fingerprint density at radius 3 is 0.825 bits per heavy atom. The van der Waals surface area contributed by atoms with Gasteiger partial charge in [0.1, 0.15) is 13.2 Å². The lowest BCUT2D eigenvalue weighted by Gasteiger charge is -2.18. The molecular formula is C57H110O6. The van der Waals surface area contributed by atoms with Gasteiger partial charge in [0, 0.05) is 19.3 Å². The van der Waals surface area contributed by atoms with Crippen molar-refractivity contribution in [2.75, 3.05) is 13.2 Å². The summed E-state index contributed by atoms with van der Waals surface area (Å²) in [4.78, 5) is 38.0. The number of carbonyl (C=O) groups excluding carboxylic acids is 3. The highest BCUT2D eigenvalue weighted by molar-refractivity contribution is 5.71. The zero-order valence-corrected chi connectivity index (χ0v) is 43.4. The molecule has 0 spiro atoms. The fraction of sp³-hybridized carbons (Fsp3) is 0.947. The molecule has 2 unspecified atom stereocenters. The van der Waals surface area contributed by atoms with E-state index in [1.165, 1.54) is 193 Å². The molecule has 0 aromatic heterocycles. The first-order valence-corrected chi connectivity index (χ1v) is 28.2. The Kier molecular flexibility index (Phi) is 47.1. The number of hydrogen-bond acceptors (Lipinski definition) is 6. The van der Waals surface area contributed by atoms with Gasteiger partial charge in [-0.25, -0.2) is 0 Å². The summed E-state index contributed by atoms with van der Waals surface area (Å²) in [6.07, 6.45) is 49.5. The van der Waals surface area contributed by atoms with E-state index in [4.69, 9.17) is 14.2 Å². The molecule has 0 aromatic carbocycles. The van der Waals surface area contributed by atoms with Gasteiger partial charge in [-0.2, -0.15) is 0 Å². The SMILES string of the molecule is CCC(C)CCCCCCCCCCCCCCCCCCCCC(=O)OC[C@H](COC(=O)CCCCCCCCCCC(C)C)OC(=O)CCCCCCCCCCC(C)CC. The lowest BCUT2D eigenvalue weighted by Crippen LogP contribution is -2.30. The van der Waals surface area contributed by atoms with Crippen molar-refractivity contribution in [1.82, 2.24) is 0 Å². The largest absolute Gasteiger partial charge is 0.462 e. The fourth-order valence-corrected chi connectivity index (χ4v) is 8.58. The molecule has 6 heteroatoms. The molecule has 0 aliphatic carbocycles. The van der Waals surface area contributed by atoms with Crippen LogP contribution in [-0.4, -0.2) is 37.2 Å². The molecule has 6 nitrogen and oxygen atoms in total. The summed E-state index contributed by atoms with van der Waals surface area (Å²) < 4.78 is 16.8. The predicted molar refractivity (Wildman–Crippen MR) is 270 cm³/mol. The van der Waals surface area contributed by atoms with Crippen molar-refractivity contribution in [1.29, 1.82) is 0 Å². The zero-order chi connectivity index (χ0) is 46.3. The summed E-state index contributed by atoms with van der Waals surface area (Å²) in [7, 11) is 0. The van der Waals surface area contributed by atoms with Crippen LogP contribution in [-0.2, 0) is 28.6 Å². The van der Waals surface area contributed by atoms with Crippen LogP contribution >= 0.6 is 0 Å². The summed E-state index contributed by atoms with van der Waals surface area (Å²) in [5.74, 6) is 1.70. The Morgan fingerprint density at radius 1 is 0.317 bits per heavy atom. The van der Waals surface area contributed by atoms with Gasteiger partial charge in [0.15, 0.2) is 6.10 Å². The molecule has 0 fully saturated rings. The second-order valence-electron chi connectivity index (χ2n) is 20.5. The Morgan fingerprint density at radius 2 is 0.556 bits per heavy atom. The van der Waals surface area contributed by atoms with E-state index in [0.717, 1.165) is 75.5 Å². The Balaban J connectivity index is 4.20. The quantitative estimate of drug-likeness (QED) is 0.0344. The van der Waals surface area contributed by atoms with Gasteiger partial charge >= 0.3 is 17.9 Å². The highest BCUT2D eigenvalue weighted by Gasteiger charge is 2.19. The van der Waals surface area contributed by atoms with Crippen LogP contribution in [0.25, 0.3) is 0 Å². The topological polar surface area (TPSA) is 78.9 Å². The Hall–Kier alpha value is -1.59. The van der Waals surface area contributed by atoms with Crippen molar-refractivity contribution in [3.63, 3.8) is 0 Å². The summed E-state index contributed by atoms with van der Waals surface area (Å²) in [5.41, 5.74) is 0. The van der Waals surface area contributed by atoms with Crippen LogP contribution in [0.1, 0.15) is 311 Å². The molecule has 0 N–H and O–H groups in total. The van der Waals surface area contributed by atoms with E-state index in [9.17, 15) is 14.4 Å². The van der Waals surface area contributed by atoms with Crippen LogP contribution in [0.15, 0.2) is 0 Å². The predicted octanol–water partition coefficient (Wildman–Crippen LogP) is 18.3. The Bertz CT molecular complexity index is 980. The fourth-order valence-electron chi connectivity index (χ4n) is 8.58. The molecule has 0 heterocycles.